The average molecular weight is 278 g/mol. The van der Waals surface area contributed by atoms with Crippen LogP contribution in [-0.4, -0.2) is 13.1 Å². The number of aryl methyl sites for hydroxylation is 1. The molecule has 0 aromatic heterocycles. The zero-order valence-corrected chi connectivity index (χ0v) is 12.3. The molecule has 2 unspecified atom stereocenters. The maximum atomic E-state index is 5.82. The molecule has 1 aliphatic heterocycles. The van der Waals surface area contributed by atoms with E-state index in [1.165, 1.54) is 35.2 Å². The number of rotatable bonds is 3. The highest BCUT2D eigenvalue weighted by Crippen LogP contribution is 2.46. The van der Waals surface area contributed by atoms with Crippen molar-refractivity contribution in [3.05, 3.63) is 65.2 Å². The normalized spacial score (nSPS) is 23.2. The minimum absolute atomic E-state index is 0.546. The standard InChI is InChI=1S/C19H22N2/c20-12-11-15-13-21(18-8-4-3-7-17(15)18)19-10-9-14-5-1-2-6-16(14)19/h1-8,15,19H,9-13,20H2. The van der Waals surface area contributed by atoms with Crippen LogP contribution in [0.4, 0.5) is 5.69 Å². The molecular formula is C19H22N2. The lowest BCUT2D eigenvalue weighted by Crippen LogP contribution is -2.26. The van der Waals surface area contributed by atoms with E-state index in [4.69, 9.17) is 5.73 Å². The van der Waals surface area contributed by atoms with Crippen LogP contribution in [0.25, 0.3) is 0 Å². The Balaban J connectivity index is 1.71. The number of nitrogens with zero attached hydrogens (tertiary/aromatic N) is 1. The van der Waals surface area contributed by atoms with Crippen molar-refractivity contribution in [1.29, 1.82) is 0 Å². The summed E-state index contributed by atoms with van der Waals surface area (Å²) >= 11 is 0. The number of anilines is 1. The molecule has 0 fully saturated rings. The van der Waals surface area contributed by atoms with Gasteiger partial charge in [-0.05, 0) is 48.6 Å². The molecule has 1 heterocycles. The molecule has 2 aromatic carbocycles. The van der Waals surface area contributed by atoms with Crippen molar-refractivity contribution >= 4 is 5.69 Å². The first-order valence-electron chi connectivity index (χ1n) is 8.02. The Morgan fingerprint density at radius 1 is 1.00 bits per heavy atom. The highest BCUT2D eigenvalue weighted by molar-refractivity contribution is 5.62. The zero-order valence-electron chi connectivity index (χ0n) is 12.3. The first-order chi connectivity index (χ1) is 10.4. The number of benzene rings is 2. The molecule has 0 amide bonds. The van der Waals surface area contributed by atoms with Crippen LogP contribution in [0.15, 0.2) is 48.5 Å². The molecule has 0 saturated heterocycles. The number of hydrogen-bond donors (Lipinski definition) is 1. The summed E-state index contributed by atoms with van der Waals surface area (Å²) in [7, 11) is 0. The van der Waals surface area contributed by atoms with Gasteiger partial charge in [0.25, 0.3) is 0 Å². The minimum Gasteiger partial charge on any atom is -0.364 e. The van der Waals surface area contributed by atoms with Gasteiger partial charge in [0, 0.05) is 18.2 Å². The van der Waals surface area contributed by atoms with E-state index in [0.717, 1.165) is 19.5 Å². The Morgan fingerprint density at radius 2 is 1.76 bits per heavy atom. The fourth-order valence-electron chi connectivity index (χ4n) is 4.13. The van der Waals surface area contributed by atoms with Crippen LogP contribution >= 0.6 is 0 Å². The van der Waals surface area contributed by atoms with Crippen LogP contribution in [0.3, 0.4) is 0 Å². The third-order valence-electron chi connectivity index (χ3n) is 5.10. The summed E-state index contributed by atoms with van der Waals surface area (Å²) in [5.41, 5.74) is 11.8. The Labute approximate surface area is 126 Å². The molecule has 0 spiro atoms. The largest absolute Gasteiger partial charge is 0.364 e. The Morgan fingerprint density at radius 3 is 2.62 bits per heavy atom. The quantitative estimate of drug-likeness (QED) is 0.929. The number of fused-ring (bicyclic) bond motifs is 2. The maximum absolute atomic E-state index is 5.82. The summed E-state index contributed by atoms with van der Waals surface area (Å²) in [6.45, 7) is 1.89. The molecular weight excluding hydrogens is 256 g/mol. The predicted molar refractivity (Wildman–Crippen MR) is 87.7 cm³/mol. The Kier molecular flexibility index (Phi) is 3.19. The van der Waals surface area contributed by atoms with Gasteiger partial charge in [0.05, 0.1) is 6.04 Å². The molecule has 0 radical (unpaired) electrons. The predicted octanol–water partition coefficient (Wildman–Crippen LogP) is 3.63. The second-order valence-electron chi connectivity index (χ2n) is 6.24. The van der Waals surface area contributed by atoms with Gasteiger partial charge in [0.2, 0.25) is 0 Å². The highest BCUT2D eigenvalue weighted by atomic mass is 15.2. The molecule has 21 heavy (non-hydrogen) atoms. The number of hydrogen-bond acceptors (Lipinski definition) is 2. The number of para-hydroxylation sites is 1. The van der Waals surface area contributed by atoms with Gasteiger partial charge >= 0.3 is 0 Å². The SMILES string of the molecule is NCCC1CN(C2CCc3ccccc32)c2ccccc21. The first-order valence-corrected chi connectivity index (χ1v) is 8.02. The van der Waals surface area contributed by atoms with Crippen molar-refractivity contribution in [1.82, 2.24) is 0 Å². The van der Waals surface area contributed by atoms with E-state index in [1.807, 2.05) is 0 Å². The Bertz CT molecular complexity index is 650. The number of nitrogens with two attached hydrogens (primary N) is 1. The second kappa shape index (κ2) is 5.19. The third-order valence-corrected chi connectivity index (χ3v) is 5.10. The summed E-state index contributed by atoms with van der Waals surface area (Å²) in [4.78, 5) is 2.63. The van der Waals surface area contributed by atoms with Crippen molar-refractivity contribution in [2.75, 3.05) is 18.0 Å². The molecule has 4 rings (SSSR count). The van der Waals surface area contributed by atoms with Crippen molar-refractivity contribution in [3.8, 4) is 0 Å². The van der Waals surface area contributed by atoms with Gasteiger partial charge in [-0.3, -0.25) is 0 Å². The van der Waals surface area contributed by atoms with Crippen LogP contribution < -0.4 is 10.6 Å². The molecule has 2 nitrogen and oxygen atoms in total. The summed E-state index contributed by atoms with van der Waals surface area (Å²) in [5, 5.41) is 0. The average Bonchev–Trinajstić information content (AvgIpc) is 3.10. The van der Waals surface area contributed by atoms with Gasteiger partial charge in [-0.2, -0.15) is 0 Å². The third kappa shape index (κ3) is 2.06. The van der Waals surface area contributed by atoms with Crippen LogP contribution in [0.2, 0.25) is 0 Å². The van der Waals surface area contributed by atoms with Crippen LogP contribution in [-0.2, 0) is 6.42 Å². The van der Waals surface area contributed by atoms with E-state index < -0.39 is 0 Å². The molecule has 1 aliphatic carbocycles. The highest BCUT2D eigenvalue weighted by Gasteiger charge is 2.35. The van der Waals surface area contributed by atoms with Crippen molar-refractivity contribution in [2.24, 2.45) is 5.73 Å². The van der Waals surface area contributed by atoms with Crippen LogP contribution in [0.5, 0.6) is 0 Å². The lowest BCUT2D eigenvalue weighted by atomic mass is 9.98. The summed E-state index contributed by atoms with van der Waals surface area (Å²) in [5.74, 6) is 0.596. The Hall–Kier alpha value is -1.80. The molecule has 2 atom stereocenters. The summed E-state index contributed by atoms with van der Waals surface area (Å²) < 4.78 is 0. The van der Waals surface area contributed by atoms with E-state index in [-0.39, 0.29) is 0 Å². The van der Waals surface area contributed by atoms with E-state index in [1.54, 1.807) is 0 Å². The van der Waals surface area contributed by atoms with Crippen molar-refractivity contribution in [2.45, 2.75) is 31.2 Å². The zero-order chi connectivity index (χ0) is 14.2. The lowest BCUT2D eigenvalue weighted by molar-refractivity contribution is 0.579. The van der Waals surface area contributed by atoms with Gasteiger partial charge in [0.1, 0.15) is 0 Å². The minimum atomic E-state index is 0.546. The molecule has 0 saturated carbocycles. The van der Waals surface area contributed by atoms with Gasteiger partial charge in [-0.25, -0.2) is 0 Å². The molecule has 2 heteroatoms. The molecule has 2 aliphatic rings. The molecule has 0 bridgehead atoms. The maximum Gasteiger partial charge on any atom is 0.0548 e. The smallest absolute Gasteiger partial charge is 0.0548 e. The van der Waals surface area contributed by atoms with E-state index in [0.29, 0.717) is 12.0 Å². The van der Waals surface area contributed by atoms with Crippen molar-refractivity contribution in [3.63, 3.8) is 0 Å². The van der Waals surface area contributed by atoms with Crippen LogP contribution in [0, 0.1) is 0 Å². The molecule has 2 N–H and O–H groups in total. The fraction of sp³-hybridized carbons (Fsp3) is 0.368. The lowest BCUT2D eigenvalue weighted by Gasteiger charge is -2.28. The van der Waals surface area contributed by atoms with Gasteiger partial charge in [-0.1, -0.05) is 42.5 Å². The molecule has 108 valence electrons. The topological polar surface area (TPSA) is 29.3 Å². The van der Waals surface area contributed by atoms with Crippen LogP contribution in [0.1, 0.15) is 41.5 Å². The second-order valence-corrected chi connectivity index (χ2v) is 6.24. The van der Waals surface area contributed by atoms with E-state index in [9.17, 15) is 0 Å². The van der Waals surface area contributed by atoms with Crippen molar-refractivity contribution < 1.29 is 0 Å². The van der Waals surface area contributed by atoms with Gasteiger partial charge in [-0.15, -0.1) is 0 Å². The summed E-state index contributed by atoms with van der Waals surface area (Å²) in [6, 6.07) is 18.4. The fourth-order valence-corrected chi connectivity index (χ4v) is 4.13. The van der Waals surface area contributed by atoms with Gasteiger partial charge in [0.15, 0.2) is 0 Å². The van der Waals surface area contributed by atoms with E-state index in [2.05, 4.69) is 53.4 Å². The summed E-state index contributed by atoms with van der Waals surface area (Å²) in [6.07, 6.45) is 3.53. The van der Waals surface area contributed by atoms with Gasteiger partial charge < -0.3 is 10.6 Å². The molecule has 2 aromatic rings. The monoisotopic (exact) mass is 278 g/mol. The van der Waals surface area contributed by atoms with E-state index >= 15 is 0 Å². The first kappa shape index (κ1) is 12.9.